The fourth-order valence-corrected chi connectivity index (χ4v) is 0.576. The van der Waals surface area contributed by atoms with Gasteiger partial charge in [0.1, 0.15) is 0 Å². The standard InChI is InChI=1S/C9H12Cl2/c1-7(2)5-4-6-9(11)8(3)10/h4-6H,1-3H3/b6-4-,9-8-. The van der Waals surface area contributed by atoms with E-state index in [2.05, 4.69) is 0 Å². The average Bonchev–Trinajstić information content (AvgIpc) is 1.86. The van der Waals surface area contributed by atoms with Crippen LogP contribution in [0.3, 0.4) is 0 Å². The summed E-state index contributed by atoms with van der Waals surface area (Å²) in [5, 5.41) is 1.20. The zero-order valence-corrected chi connectivity index (χ0v) is 8.50. The molecule has 0 aliphatic heterocycles. The largest absolute Gasteiger partial charge is 0.0878 e. The Balaban J connectivity index is 4.16. The Bertz CT molecular complexity index is 202. The summed E-state index contributed by atoms with van der Waals surface area (Å²) in [6, 6.07) is 0. The molecule has 0 heterocycles. The molecule has 2 heteroatoms. The fraction of sp³-hybridized carbons (Fsp3) is 0.333. The van der Waals surface area contributed by atoms with E-state index in [0.29, 0.717) is 10.1 Å². The second kappa shape index (κ2) is 5.45. The van der Waals surface area contributed by atoms with Gasteiger partial charge >= 0.3 is 0 Å². The highest BCUT2D eigenvalue weighted by molar-refractivity contribution is 6.39. The van der Waals surface area contributed by atoms with Crippen molar-refractivity contribution in [3.8, 4) is 0 Å². The van der Waals surface area contributed by atoms with Crippen LogP contribution in [-0.4, -0.2) is 0 Å². The Morgan fingerprint density at radius 3 is 2.00 bits per heavy atom. The molecule has 0 nitrogen and oxygen atoms in total. The molecule has 0 atom stereocenters. The van der Waals surface area contributed by atoms with Crippen LogP contribution in [0.25, 0.3) is 0 Å². The SMILES string of the molecule is CC(C)=C/C=C\C(Cl)=C(/C)Cl. The van der Waals surface area contributed by atoms with Crippen LogP contribution in [0.1, 0.15) is 20.8 Å². The Morgan fingerprint density at radius 2 is 1.64 bits per heavy atom. The van der Waals surface area contributed by atoms with Crippen LogP contribution in [0, 0.1) is 0 Å². The van der Waals surface area contributed by atoms with Crippen molar-refractivity contribution in [2.24, 2.45) is 0 Å². The minimum Gasteiger partial charge on any atom is -0.0878 e. The summed E-state index contributed by atoms with van der Waals surface area (Å²) in [5.41, 5.74) is 1.23. The molecule has 0 aromatic heterocycles. The minimum absolute atomic E-state index is 0.587. The van der Waals surface area contributed by atoms with Gasteiger partial charge in [0.25, 0.3) is 0 Å². The quantitative estimate of drug-likeness (QED) is 0.573. The molecule has 0 fully saturated rings. The van der Waals surface area contributed by atoms with Crippen molar-refractivity contribution in [2.45, 2.75) is 20.8 Å². The number of rotatable bonds is 2. The van der Waals surface area contributed by atoms with Gasteiger partial charge in [-0.25, -0.2) is 0 Å². The lowest BCUT2D eigenvalue weighted by atomic mass is 10.3. The maximum Gasteiger partial charge on any atom is 0.0548 e. The molecule has 0 aromatic rings. The lowest BCUT2D eigenvalue weighted by Crippen LogP contribution is -1.66. The summed E-state index contributed by atoms with van der Waals surface area (Å²) in [6.45, 7) is 5.81. The van der Waals surface area contributed by atoms with Crippen molar-refractivity contribution in [2.75, 3.05) is 0 Å². The van der Waals surface area contributed by atoms with Gasteiger partial charge in [0, 0.05) is 5.03 Å². The molecule has 0 rings (SSSR count). The van der Waals surface area contributed by atoms with Gasteiger partial charge in [-0.15, -0.1) is 0 Å². The van der Waals surface area contributed by atoms with E-state index >= 15 is 0 Å². The van der Waals surface area contributed by atoms with Gasteiger partial charge in [0.2, 0.25) is 0 Å². The van der Waals surface area contributed by atoms with Gasteiger partial charge in [0.05, 0.1) is 5.03 Å². The van der Waals surface area contributed by atoms with Gasteiger partial charge in [-0.05, 0) is 26.8 Å². The van der Waals surface area contributed by atoms with Crippen molar-refractivity contribution in [1.82, 2.24) is 0 Å². The molecule has 0 spiro atoms. The maximum absolute atomic E-state index is 5.73. The molecule has 0 aliphatic carbocycles. The molecule has 0 N–H and O–H groups in total. The first-order chi connectivity index (χ1) is 5.04. The third kappa shape index (κ3) is 6.21. The topological polar surface area (TPSA) is 0 Å². The smallest absolute Gasteiger partial charge is 0.0548 e. The first-order valence-electron chi connectivity index (χ1n) is 3.37. The van der Waals surface area contributed by atoms with Gasteiger partial charge in [-0.3, -0.25) is 0 Å². The van der Waals surface area contributed by atoms with Crippen molar-refractivity contribution in [3.05, 3.63) is 33.9 Å². The number of hydrogen-bond donors (Lipinski definition) is 0. The molecule has 0 aromatic carbocycles. The predicted octanol–water partition coefficient (Wildman–Crippen LogP) is 4.22. The summed E-state index contributed by atoms with van der Waals surface area (Å²) in [6.07, 6.45) is 5.63. The van der Waals surface area contributed by atoms with E-state index in [0.717, 1.165) is 0 Å². The highest BCUT2D eigenvalue weighted by Crippen LogP contribution is 2.13. The lowest BCUT2D eigenvalue weighted by Gasteiger charge is -1.88. The van der Waals surface area contributed by atoms with Crippen LogP contribution >= 0.6 is 23.2 Å². The van der Waals surface area contributed by atoms with Crippen molar-refractivity contribution in [3.63, 3.8) is 0 Å². The molecule has 0 unspecified atom stereocenters. The summed E-state index contributed by atoms with van der Waals surface area (Å²) in [5.74, 6) is 0. The summed E-state index contributed by atoms with van der Waals surface area (Å²) in [7, 11) is 0. The Labute approximate surface area is 78.2 Å². The monoisotopic (exact) mass is 190 g/mol. The molecular formula is C9H12Cl2. The first-order valence-corrected chi connectivity index (χ1v) is 4.13. The first kappa shape index (κ1) is 10.8. The Hall–Kier alpha value is -0.200. The van der Waals surface area contributed by atoms with Crippen LogP contribution in [-0.2, 0) is 0 Å². The molecule has 11 heavy (non-hydrogen) atoms. The zero-order valence-electron chi connectivity index (χ0n) is 6.99. The minimum atomic E-state index is 0.587. The highest BCUT2D eigenvalue weighted by atomic mass is 35.5. The van der Waals surface area contributed by atoms with Crippen LogP contribution in [0.2, 0.25) is 0 Å². The molecule has 62 valence electrons. The molecule has 0 radical (unpaired) electrons. The van der Waals surface area contributed by atoms with Crippen molar-refractivity contribution >= 4 is 23.2 Å². The normalized spacial score (nSPS) is 13.2. The van der Waals surface area contributed by atoms with E-state index in [4.69, 9.17) is 23.2 Å². The van der Waals surface area contributed by atoms with Crippen LogP contribution in [0.4, 0.5) is 0 Å². The second-order valence-corrected chi connectivity index (χ2v) is 3.46. The second-order valence-electron chi connectivity index (χ2n) is 2.48. The molecule has 0 saturated carbocycles. The van der Waals surface area contributed by atoms with Crippen molar-refractivity contribution in [1.29, 1.82) is 0 Å². The van der Waals surface area contributed by atoms with Crippen molar-refractivity contribution < 1.29 is 0 Å². The van der Waals surface area contributed by atoms with Gasteiger partial charge in [-0.1, -0.05) is 40.9 Å². The fourth-order valence-electron chi connectivity index (χ4n) is 0.440. The predicted molar refractivity (Wildman–Crippen MR) is 53.0 cm³/mol. The van der Waals surface area contributed by atoms with E-state index in [1.807, 2.05) is 26.0 Å². The summed E-state index contributed by atoms with van der Waals surface area (Å²) in [4.78, 5) is 0. The third-order valence-electron chi connectivity index (χ3n) is 1.00. The zero-order chi connectivity index (χ0) is 8.85. The third-order valence-corrected chi connectivity index (χ3v) is 1.71. The van der Waals surface area contributed by atoms with E-state index in [-0.39, 0.29) is 0 Å². The Morgan fingerprint density at radius 1 is 1.09 bits per heavy atom. The number of allylic oxidation sites excluding steroid dienone is 6. The van der Waals surface area contributed by atoms with Crippen LogP contribution in [0.15, 0.2) is 33.9 Å². The van der Waals surface area contributed by atoms with E-state index in [1.54, 1.807) is 13.0 Å². The molecular weight excluding hydrogens is 179 g/mol. The molecule has 0 aliphatic rings. The van der Waals surface area contributed by atoms with Gasteiger partial charge < -0.3 is 0 Å². The van der Waals surface area contributed by atoms with Crippen LogP contribution < -0.4 is 0 Å². The van der Waals surface area contributed by atoms with Crippen LogP contribution in [0.5, 0.6) is 0 Å². The van der Waals surface area contributed by atoms with E-state index in [1.165, 1.54) is 5.57 Å². The lowest BCUT2D eigenvalue weighted by molar-refractivity contribution is 1.39. The van der Waals surface area contributed by atoms with Gasteiger partial charge in [-0.2, -0.15) is 0 Å². The summed E-state index contributed by atoms with van der Waals surface area (Å²) < 4.78 is 0. The summed E-state index contributed by atoms with van der Waals surface area (Å²) >= 11 is 11.4. The van der Waals surface area contributed by atoms with Gasteiger partial charge in [0.15, 0.2) is 0 Å². The van der Waals surface area contributed by atoms with E-state index in [9.17, 15) is 0 Å². The average molecular weight is 191 g/mol. The number of halogens is 2. The molecule has 0 bridgehead atoms. The molecule has 0 saturated heterocycles. The maximum atomic E-state index is 5.73. The highest BCUT2D eigenvalue weighted by Gasteiger charge is 1.87. The Kier molecular flexibility index (Phi) is 5.35. The van der Waals surface area contributed by atoms with E-state index < -0.39 is 0 Å². The molecule has 0 amide bonds. The number of hydrogen-bond acceptors (Lipinski definition) is 0.